The number of benzene rings is 1. The number of aliphatic hydroxyl groups is 1. The Morgan fingerprint density at radius 2 is 2.04 bits per heavy atom. The van der Waals surface area contributed by atoms with Crippen LogP contribution in [0.25, 0.3) is 0 Å². The van der Waals surface area contributed by atoms with E-state index in [4.69, 9.17) is 16.3 Å². The number of aliphatic hydroxyl groups excluding tert-OH is 1. The van der Waals surface area contributed by atoms with Crippen molar-refractivity contribution in [1.82, 2.24) is 10.2 Å². The minimum Gasteiger partial charge on any atom is -0.495 e. The number of ether oxygens (including phenoxy) is 1. The van der Waals surface area contributed by atoms with Crippen LogP contribution >= 0.6 is 11.6 Å². The van der Waals surface area contributed by atoms with Gasteiger partial charge in [0.25, 0.3) is 0 Å². The number of rotatable bonds is 7. The molecule has 0 amide bonds. The van der Waals surface area contributed by atoms with Gasteiger partial charge in [0.2, 0.25) is 0 Å². The average Bonchev–Trinajstić information content (AvgIpc) is 2.53. The molecule has 0 bridgehead atoms. The Bertz CT molecular complexity index is 488. The van der Waals surface area contributed by atoms with Crippen LogP contribution in [-0.2, 0) is 0 Å². The Morgan fingerprint density at radius 1 is 1.35 bits per heavy atom. The fourth-order valence-electron chi connectivity index (χ4n) is 3.16. The van der Waals surface area contributed by atoms with Gasteiger partial charge in [0.15, 0.2) is 0 Å². The van der Waals surface area contributed by atoms with E-state index >= 15 is 0 Å². The highest BCUT2D eigenvalue weighted by Gasteiger charge is 2.20. The van der Waals surface area contributed by atoms with E-state index in [1.807, 2.05) is 19.1 Å². The summed E-state index contributed by atoms with van der Waals surface area (Å²) < 4.78 is 5.20. The smallest absolute Gasteiger partial charge is 0.137 e. The summed E-state index contributed by atoms with van der Waals surface area (Å²) in [6.45, 7) is 8.00. The SMILES string of the molecule is COc1ccc(C(C)NCC2CCN(CC(C)O)CC2)cc1Cl. The van der Waals surface area contributed by atoms with Gasteiger partial charge in [-0.1, -0.05) is 17.7 Å². The van der Waals surface area contributed by atoms with Crippen LogP contribution in [0, 0.1) is 5.92 Å². The van der Waals surface area contributed by atoms with E-state index in [9.17, 15) is 5.11 Å². The number of piperidine rings is 1. The van der Waals surface area contributed by atoms with Crippen molar-refractivity contribution in [2.24, 2.45) is 5.92 Å². The van der Waals surface area contributed by atoms with E-state index < -0.39 is 0 Å². The monoisotopic (exact) mass is 340 g/mol. The number of hydrogen-bond donors (Lipinski definition) is 2. The van der Waals surface area contributed by atoms with Crippen LogP contribution < -0.4 is 10.1 Å². The first kappa shape index (κ1) is 18.5. The van der Waals surface area contributed by atoms with Crippen LogP contribution in [0.1, 0.15) is 38.3 Å². The number of methoxy groups -OCH3 is 1. The molecule has 1 aromatic carbocycles. The number of likely N-dealkylation sites (tertiary alicyclic amines) is 1. The largest absolute Gasteiger partial charge is 0.495 e. The second kappa shape index (κ2) is 8.88. The quantitative estimate of drug-likeness (QED) is 0.800. The molecule has 1 aliphatic rings. The third-order valence-corrected chi connectivity index (χ3v) is 4.91. The third-order valence-electron chi connectivity index (χ3n) is 4.62. The van der Waals surface area contributed by atoms with E-state index in [1.54, 1.807) is 7.11 Å². The molecule has 1 aromatic rings. The van der Waals surface area contributed by atoms with Crippen LogP contribution in [0.2, 0.25) is 5.02 Å². The zero-order valence-corrected chi connectivity index (χ0v) is 15.1. The van der Waals surface area contributed by atoms with Crippen LogP contribution in [-0.4, -0.2) is 49.4 Å². The van der Waals surface area contributed by atoms with Gasteiger partial charge in [0, 0.05) is 12.6 Å². The molecule has 2 N–H and O–H groups in total. The summed E-state index contributed by atoms with van der Waals surface area (Å²) in [5.41, 5.74) is 1.18. The van der Waals surface area contributed by atoms with E-state index in [0.29, 0.717) is 16.7 Å². The van der Waals surface area contributed by atoms with Crippen molar-refractivity contribution in [2.45, 2.75) is 38.8 Å². The summed E-state index contributed by atoms with van der Waals surface area (Å²) in [6, 6.07) is 6.23. The molecule has 1 saturated heterocycles. The summed E-state index contributed by atoms with van der Waals surface area (Å²) in [4.78, 5) is 2.36. The van der Waals surface area contributed by atoms with Gasteiger partial charge in [-0.15, -0.1) is 0 Å². The number of hydrogen-bond acceptors (Lipinski definition) is 4. The van der Waals surface area contributed by atoms with Gasteiger partial charge in [0.1, 0.15) is 5.75 Å². The summed E-state index contributed by atoms with van der Waals surface area (Å²) in [5.74, 6) is 1.42. The molecule has 1 aliphatic heterocycles. The van der Waals surface area contributed by atoms with Gasteiger partial charge in [-0.2, -0.15) is 0 Å². The van der Waals surface area contributed by atoms with Crippen molar-refractivity contribution in [2.75, 3.05) is 33.3 Å². The fourth-order valence-corrected chi connectivity index (χ4v) is 3.43. The van der Waals surface area contributed by atoms with Crippen molar-refractivity contribution >= 4 is 11.6 Å². The third kappa shape index (κ3) is 5.64. The maximum Gasteiger partial charge on any atom is 0.137 e. The normalized spacial score (nSPS) is 19.5. The Kier molecular flexibility index (Phi) is 7.15. The van der Waals surface area contributed by atoms with E-state index in [0.717, 1.165) is 26.2 Å². The molecule has 2 unspecified atom stereocenters. The van der Waals surface area contributed by atoms with Gasteiger partial charge in [-0.3, -0.25) is 0 Å². The van der Waals surface area contributed by atoms with E-state index in [1.165, 1.54) is 18.4 Å². The maximum absolute atomic E-state index is 9.46. The molecule has 0 aromatic heterocycles. The summed E-state index contributed by atoms with van der Waals surface area (Å²) >= 11 is 6.20. The molecule has 23 heavy (non-hydrogen) atoms. The highest BCUT2D eigenvalue weighted by atomic mass is 35.5. The number of nitrogens with zero attached hydrogens (tertiary/aromatic N) is 1. The van der Waals surface area contributed by atoms with Gasteiger partial charge < -0.3 is 20.1 Å². The number of β-amino-alcohol motifs (C(OH)–C–C–N with tert-alkyl or cyclic N) is 1. The van der Waals surface area contributed by atoms with Crippen molar-refractivity contribution in [3.63, 3.8) is 0 Å². The Labute approximate surface area is 144 Å². The van der Waals surface area contributed by atoms with Crippen molar-refractivity contribution < 1.29 is 9.84 Å². The molecule has 0 spiro atoms. The molecular weight excluding hydrogens is 312 g/mol. The molecular formula is C18H29ClN2O2. The lowest BCUT2D eigenvalue weighted by Crippen LogP contribution is -2.40. The molecule has 5 heteroatoms. The first-order chi connectivity index (χ1) is 11.0. The summed E-state index contributed by atoms with van der Waals surface area (Å²) in [7, 11) is 1.63. The minimum absolute atomic E-state index is 0.232. The van der Waals surface area contributed by atoms with Crippen LogP contribution in [0.15, 0.2) is 18.2 Å². The molecule has 130 valence electrons. The molecule has 2 atom stereocenters. The predicted octanol–water partition coefficient (Wildman–Crippen LogP) is 3.09. The van der Waals surface area contributed by atoms with Gasteiger partial charge in [-0.05, 0) is 69.9 Å². The Morgan fingerprint density at radius 3 is 2.61 bits per heavy atom. The minimum atomic E-state index is -0.232. The standard InChI is InChI=1S/C18H29ClN2O2/c1-13(22)12-21-8-6-15(7-9-21)11-20-14(2)16-4-5-18(23-3)17(19)10-16/h4-5,10,13-15,20,22H,6-9,11-12H2,1-3H3. The van der Waals surface area contributed by atoms with Crippen LogP contribution in [0.3, 0.4) is 0 Å². The van der Waals surface area contributed by atoms with Gasteiger partial charge in [0.05, 0.1) is 18.2 Å². The average molecular weight is 341 g/mol. The molecule has 0 radical (unpaired) electrons. The second-order valence-electron chi connectivity index (χ2n) is 6.62. The molecule has 2 rings (SSSR count). The first-order valence-corrected chi connectivity index (χ1v) is 8.84. The lowest BCUT2D eigenvalue weighted by Gasteiger charge is -2.33. The van der Waals surface area contributed by atoms with Crippen LogP contribution in [0.5, 0.6) is 5.75 Å². The van der Waals surface area contributed by atoms with Crippen molar-refractivity contribution in [3.05, 3.63) is 28.8 Å². The number of halogens is 1. The lowest BCUT2D eigenvalue weighted by molar-refractivity contribution is 0.0994. The maximum atomic E-state index is 9.46. The van der Waals surface area contributed by atoms with Crippen LogP contribution in [0.4, 0.5) is 0 Å². The molecule has 1 fully saturated rings. The molecule has 1 heterocycles. The second-order valence-corrected chi connectivity index (χ2v) is 7.02. The highest BCUT2D eigenvalue weighted by Crippen LogP contribution is 2.27. The molecule has 0 saturated carbocycles. The lowest BCUT2D eigenvalue weighted by atomic mass is 9.96. The fraction of sp³-hybridized carbons (Fsp3) is 0.667. The summed E-state index contributed by atoms with van der Waals surface area (Å²) in [5, 5.41) is 13.7. The van der Waals surface area contributed by atoms with Crippen molar-refractivity contribution in [3.8, 4) is 5.75 Å². The zero-order chi connectivity index (χ0) is 16.8. The Balaban J connectivity index is 1.77. The molecule has 0 aliphatic carbocycles. The van der Waals surface area contributed by atoms with E-state index in [-0.39, 0.29) is 12.1 Å². The number of nitrogens with one attached hydrogen (secondary N) is 1. The van der Waals surface area contributed by atoms with E-state index in [2.05, 4.69) is 23.2 Å². The predicted molar refractivity (Wildman–Crippen MR) is 95.3 cm³/mol. The van der Waals surface area contributed by atoms with Crippen molar-refractivity contribution in [1.29, 1.82) is 0 Å². The topological polar surface area (TPSA) is 44.7 Å². The van der Waals surface area contributed by atoms with Gasteiger partial charge in [-0.25, -0.2) is 0 Å². The zero-order valence-electron chi connectivity index (χ0n) is 14.4. The van der Waals surface area contributed by atoms with Gasteiger partial charge >= 0.3 is 0 Å². The molecule has 4 nitrogen and oxygen atoms in total. The first-order valence-electron chi connectivity index (χ1n) is 8.46. The highest BCUT2D eigenvalue weighted by molar-refractivity contribution is 6.32. The summed E-state index contributed by atoms with van der Waals surface area (Å²) in [6.07, 6.45) is 2.15. The Hall–Kier alpha value is -0.810.